The minimum atomic E-state index is -0.465. The first-order valence-electron chi connectivity index (χ1n) is 7.53. The molecule has 0 bridgehead atoms. The molecule has 0 amide bonds. The number of aliphatic hydroxyl groups excluding tert-OH is 1. The predicted molar refractivity (Wildman–Crippen MR) is 70.2 cm³/mol. The lowest BCUT2D eigenvalue weighted by Gasteiger charge is -2.23. The van der Waals surface area contributed by atoms with Gasteiger partial charge in [0.15, 0.2) is 0 Å². The molecule has 18 heavy (non-hydrogen) atoms. The molecule has 2 saturated carbocycles. The zero-order chi connectivity index (χ0) is 12.6. The van der Waals surface area contributed by atoms with Gasteiger partial charge in [0.05, 0.1) is 24.9 Å². The molecule has 4 nitrogen and oxygen atoms in total. The van der Waals surface area contributed by atoms with Gasteiger partial charge in [-0.2, -0.15) is 5.48 Å². The lowest BCUT2D eigenvalue weighted by atomic mass is 9.98. The molecule has 0 radical (unpaired) electrons. The van der Waals surface area contributed by atoms with Crippen LogP contribution in [-0.4, -0.2) is 36.6 Å². The van der Waals surface area contributed by atoms with E-state index in [0.29, 0.717) is 25.4 Å². The topological polar surface area (TPSA) is 50.7 Å². The maximum atomic E-state index is 9.79. The van der Waals surface area contributed by atoms with Gasteiger partial charge in [0.2, 0.25) is 0 Å². The molecule has 2 aliphatic carbocycles. The normalized spacial score (nSPS) is 24.5. The Kier molecular flexibility index (Phi) is 6.41. The van der Waals surface area contributed by atoms with Crippen LogP contribution < -0.4 is 5.48 Å². The molecule has 1 unspecified atom stereocenters. The lowest BCUT2D eigenvalue weighted by molar-refractivity contribution is -0.0634. The first-order valence-corrected chi connectivity index (χ1v) is 7.53. The SMILES string of the molecule is OC(CNOC1CCCC1)COC1CCCCC1. The molecule has 2 aliphatic rings. The van der Waals surface area contributed by atoms with Gasteiger partial charge in [-0.1, -0.05) is 32.1 Å². The molecular weight excluding hydrogens is 230 g/mol. The van der Waals surface area contributed by atoms with Crippen LogP contribution in [0.3, 0.4) is 0 Å². The summed E-state index contributed by atoms with van der Waals surface area (Å²) in [5.41, 5.74) is 2.88. The van der Waals surface area contributed by atoms with Crippen LogP contribution in [0.4, 0.5) is 0 Å². The zero-order valence-corrected chi connectivity index (χ0v) is 11.3. The van der Waals surface area contributed by atoms with E-state index >= 15 is 0 Å². The molecule has 0 aromatic carbocycles. The van der Waals surface area contributed by atoms with Crippen molar-refractivity contribution < 1.29 is 14.7 Å². The Balaban J connectivity index is 1.47. The van der Waals surface area contributed by atoms with E-state index in [1.54, 1.807) is 0 Å². The van der Waals surface area contributed by atoms with Crippen LogP contribution >= 0.6 is 0 Å². The molecular formula is C14H27NO3. The van der Waals surface area contributed by atoms with E-state index in [-0.39, 0.29) is 0 Å². The Hall–Kier alpha value is -0.160. The Bertz CT molecular complexity index is 213. The van der Waals surface area contributed by atoms with Crippen LogP contribution in [-0.2, 0) is 9.57 Å². The third-order valence-corrected chi connectivity index (χ3v) is 3.95. The molecule has 0 aromatic heterocycles. The van der Waals surface area contributed by atoms with Gasteiger partial charge in [-0.3, -0.25) is 4.84 Å². The van der Waals surface area contributed by atoms with Crippen LogP contribution in [0.1, 0.15) is 57.8 Å². The summed E-state index contributed by atoms with van der Waals surface area (Å²) in [4.78, 5) is 5.50. The van der Waals surface area contributed by atoms with Crippen molar-refractivity contribution in [2.45, 2.75) is 76.1 Å². The first kappa shape index (κ1) is 14.3. The minimum Gasteiger partial charge on any atom is -0.389 e. The third-order valence-electron chi connectivity index (χ3n) is 3.95. The fourth-order valence-corrected chi connectivity index (χ4v) is 2.81. The first-order chi connectivity index (χ1) is 8.84. The van der Waals surface area contributed by atoms with Gasteiger partial charge in [0.25, 0.3) is 0 Å². The molecule has 2 rings (SSSR count). The van der Waals surface area contributed by atoms with E-state index in [9.17, 15) is 5.11 Å². The highest BCUT2D eigenvalue weighted by atomic mass is 16.7. The summed E-state index contributed by atoms with van der Waals surface area (Å²) in [6.45, 7) is 0.884. The quantitative estimate of drug-likeness (QED) is 0.686. The van der Waals surface area contributed by atoms with Crippen LogP contribution in [0.15, 0.2) is 0 Å². The predicted octanol–water partition coefficient (Wildman–Crippen LogP) is 2.16. The van der Waals surface area contributed by atoms with E-state index in [2.05, 4.69) is 5.48 Å². The average molecular weight is 257 g/mol. The summed E-state index contributed by atoms with van der Waals surface area (Å²) in [6.07, 6.45) is 11.2. The van der Waals surface area contributed by atoms with Gasteiger partial charge in [0.1, 0.15) is 0 Å². The summed E-state index contributed by atoms with van der Waals surface area (Å²) in [6, 6.07) is 0. The number of hydrogen-bond donors (Lipinski definition) is 2. The summed E-state index contributed by atoms with van der Waals surface area (Å²) in [5, 5.41) is 9.79. The van der Waals surface area contributed by atoms with Gasteiger partial charge >= 0.3 is 0 Å². The van der Waals surface area contributed by atoms with E-state index in [0.717, 1.165) is 25.7 Å². The fraction of sp³-hybridized carbons (Fsp3) is 1.00. The summed E-state index contributed by atoms with van der Waals surface area (Å²) in [5.74, 6) is 0. The molecule has 2 N–H and O–H groups in total. The van der Waals surface area contributed by atoms with Crippen molar-refractivity contribution in [3.8, 4) is 0 Å². The van der Waals surface area contributed by atoms with Gasteiger partial charge in [-0.25, -0.2) is 0 Å². The van der Waals surface area contributed by atoms with E-state index < -0.39 is 6.10 Å². The fourth-order valence-electron chi connectivity index (χ4n) is 2.81. The number of rotatable bonds is 7. The van der Waals surface area contributed by atoms with Gasteiger partial charge in [-0.15, -0.1) is 0 Å². The van der Waals surface area contributed by atoms with Crippen molar-refractivity contribution in [3.63, 3.8) is 0 Å². The standard InChI is InChI=1S/C14H27NO3/c16-12(10-15-18-14-8-4-5-9-14)11-17-13-6-2-1-3-7-13/h12-16H,1-11H2. The van der Waals surface area contributed by atoms with Crippen molar-refractivity contribution in [2.75, 3.05) is 13.2 Å². The Labute approximate surface area is 110 Å². The number of hydrogen-bond acceptors (Lipinski definition) is 4. The highest BCUT2D eigenvalue weighted by molar-refractivity contribution is 4.68. The van der Waals surface area contributed by atoms with Crippen LogP contribution in [0, 0.1) is 0 Å². The molecule has 0 spiro atoms. The van der Waals surface area contributed by atoms with E-state index in [4.69, 9.17) is 9.57 Å². The maximum Gasteiger partial charge on any atom is 0.0921 e. The number of ether oxygens (including phenoxy) is 1. The molecule has 0 heterocycles. The summed E-state index contributed by atoms with van der Waals surface area (Å²) in [7, 11) is 0. The molecule has 2 fully saturated rings. The maximum absolute atomic E-state index is 9.79. The van der Waals surface area contributed by atoms with Gasteiger partial charge in [0, 0.05) is 6.54 Å². The minimum absolute atomic E-state index is 0.344. The van der Waals surface area contributed by atoms with Crippen LogP contribution in [0.2, 0.25) is 0 Å². The Morgan fingerprint density at radius 2 is 1.56 bits per heavy atom. The molecule has 4 heteroatoms. The number of aliphatic hydroxyl groups is 1. The zero-order valence-electron chi connectivity index (χ0n) is 11.3. The van der Waals surface area contributed by atoms with Crippen molar-refractivity contribution in [1.29, 1.82) is 0 Å². The van der Waals surface area contributed by atoms with Gasteiger partial charge in [-0.05, 0) is 25.7 Å². The van der Waals surface area contributed by atoms with Crippen molar-refractivity contribution in [1.82, 2.24) is 5.48 Å². The lowest BCUT2D eigenvalue weighted by Crippen LogP contribution is -2.34. The van der Waals surface area contributed by atoms with Gasteiger partial charge < -0.3 is 9.84 Å². The molecule has 1 atom stereocenters. The summed E-state index contributed by atoms with van der Waals surface area (Å²) < 4.78 is 5.72. The highest BCUT2D eigenvalue weighted by Crippen LogP contribution is 2.21. The average Bonchev–Trinajstić information content (AvgIpc) is 2.91. The van der Waals surface area contributed by atoms with E-state index in [1.807, 2.05) is 0 Å². The van der Waals surface area contributed by atoms with Crippen molar-refractivity contribution in [3.05, 3.63) is 0 Å². The number of nitrogens with one attached hydrogen (secondary N) is 1. The number of hydroxylamine groups is 1. The van der Waals surface area contributed by atoms with Crippen LogP contribution in [0.25, 0.3) is 0 Å². The Morgan fingerprint density at radius 1 is 0.944 bits per heavy atom. The molecule has 0 aromatic rings. The highest BCUT2D eigenvalue weighted by Gasteiger charge is 2.17. The third kappa shape index (κ3) is 5.22. The molecule has 0 aliphatic heterocycles. The second-order valence-electron chi connectivity index (χ2n) is 5.62. The second-order valence-corrected chi connectivity index (χ2v) is 5.62. The summed E-state index contributed by atoms with van der Waals surface area (Å²) >= 11 is 0. The van der Waals surface area contributed by atoms with Crippen molar-refractivity contribution in [2.24, 2.45) is 0 Å². The largest absolute Gasteiger partial charge is 0.389 e. The van der Waals surface area contributed by atoms with Crippen LogP contribution in [0.5, 0.6) is 0 Å². The van der Waals surface area contributed by atoms with Crippen molar-refractivity contribution >= 4 is 0 Å². The monoisotopic (exact) mass is 257 g/mol. The molecule has 0 saturated heterocycles. The molecule has 106 valence electrons. The second kappa shape index (κ2) is 8.10. The van der Waals surface area contributed by atoms with E-state index in [1.165, 1.54) is 32.1 Å². The smallest absolute Gasteiger partial charge is 0.0921 e. The Morgan fingerprint density at radius 3 is 2.28 bits per heavy atom.